The molecule has 0 aliphatic heterocycles. The fourth-order valence-corrected chi connectivity index (χ4v) is 1.89. The van der Waals surface area contributed by atoms with Gasteiger partial charge in [-0.1, -0.05) is 35.4 Å². The van der Waals surface area contributed by atoms with Crippen molar-refractivity contribution >= 4 is 41.1 Å². The predicted molar refractivity (Wildman–Crippen MR) is 84.1 cm³/mol. The zero-order valence-corrected chi connectivity index (χ0v) is 13.2. The second-order valence-corrected chi connectivity index (χ2v) is 6.02. The monoisotopic (exact) mass is 316 g/mol. The number of anilines is 1. The number of hydrogen-bond donors (Lipinski definition) is 2. The summed E-state index contributed by atoms with van der Waals surface area (Å²) in [4.78, 5) is 11.4. The third-order valence-electron chi connectivity index (χ3n) is 2.19. The Kier molecular flexibility index (Phi) is 5.72. The van der Waals surface area contributed by atoms with Crippen molar-refractivity contribution in [2.24, 2.45) is 0 Å². The van der Waals surface area contributed by atoms with Crippen LogP contribution < -0.4 is 11.1 Å². The molecule has 0 saturated carbocycles. The number of carbonyl (C=O) groups is 1. The lowest BCUT2D eigenvalue weighted by molar-refractivity contribution is 0.0534. The first-order valence-electron chi connectivity index (χ1n) is 6.07. The Morgan fingerprint density at radius 3 is 2.65 bits per heavy atom. The van der Waals surface area contributed by atoms with Gasteiger partial charge in [-0.05, 0) is 32.9 Å². The summed E-state index contributed by atoms with van der Waals surface area (Å²) in [6, 6.07) is 3.28. The van der Waals surface area contributed by atoms with Crippen molar-refractivity contribution in [3.63, 3.8) is 0 Å². The van der Waals surface area contributed by atoms with Gasteiger partial charge in [-0.15, -0.1) is 0 Å². The first-order chi connectivity index (χ1) is 9.19. The fourth-order valence-electron chi connectivity index (χ4n) is 1.38. The van der Waals surface area contributed by atoms with Crippen LogP contribution in [0.2, 0.25) is 10.0 Å². The van der Waals surface area contributed by atoms with Gasteiger partial charge in [0.05, 0.1) is 10.7 Å². The highest BCUT2D eigenvalue weighted by molar-refractivity contribution is 6.36. The minimum Gasteiger partial charge on any atom is -0.444 e. The molecule has 0 saturated heterocycles. The molecule has 110 valence electrons. The molecule has 1 aromatic rings. The lowest BCUT2D eigenvalue weighted by Crippen LogP contribution is -2.32. The molecule has 3 N–H and O–H groups in total. The molecule has 20 heavy (non-hydrogen) atoms. The minimum atomic E-state index is -0.515. The van der Waals surface area contributed by atoms with Crippen molar-refractivity contribution in [1.82, 2.24) is 5.32 Å². The summed E-state index contributed by atoms with van der Waals surface area (Å²) in [5.74, 6) is 0. The molecular weight excluding hydrogens is 299 g/mol. The van der Waals surface area contributed by atoms with Gasteiger partial charge in [0.1, 0.15) is 5.60 Å². The molecule has 1 amide bonds. The molecule has 0 atom stereocenters. The lowest BCUT2D eigenvalue weighted by atomic mass is 10.1. The van der Waals surface area contributed by atoms with Crippen LogP contribution in [0.4, 0.5) is 10.5 Å². The molecule has 0 aliphatic rings. The average Bonchev–Trinajstić information content (AvgIpc) is 2.28. The van der Waals surface area contributed by atoms with Crippen LogP contribution in [0.3, 0.4) is 0 Å². The largest absolute Gasteiger partial charge is 0.444 e. The van der Waals surface area contributed by atoms with E-state index in [1.807, 2.05) is 0 Å². The van der Waals surface area contributed by atoms with Crippen LogP contribution in [0.5, 0.6) is 0 Å². The number of carbonyl (C=O) groups excluding carboxylic acids is 1. The van der Waals surface area contributed by atoms with Crippen LogP contribution in [0.15, 0.2) is 18.2 Å². The van der Waals surface area contributed by atoms with Gasteiger partial charge < -0.3 is 15.8 Å². The molecular formula is C14H18Cl2N2O2. The fraction of sp³-hybridized carbons (Fsp3) is 0.357. The van der Waals surface area contributed by atoms with E-state index in [-0.39, 0.29) is 0 Å². The molecule has 0 fully saturated rings. The number of amides is 1. The Morgan fingerprint density at radius 2 is 2.05 bits per heavy atom. The van der Waals surface area contributed by atoms with Gasteiger partial charge in [0.15, 0.2) is 0 Å². The Bertz CT molecular complexity index is 523. The summed E-state index contributed by atoms with van der Waals surface area (Å²) in [6.07, 6.45) is 3.01. The summed E-state index contributed by atoms with van der Waals surface area (Å²) >= 11 is 11.8. The SMILES string of the molecule is CC(C)(C)OC(=O)NCC=Cc1cc(Cl)cc(Cl)c1N. The van der Waals surface area contributed by atoms with Crippen LogP contribution in [-0.4, -0.2) is 18.2 Å². The van der Waals surface area contributed by atoms with Crippen molar-refractivity contribution < 1.29 is 9.53 Å². The van der Waals surface area contributed by atoms with Crippen LogP contribution in [0.1, 0.15) is 26.3 Å². The smallest absolute Gasteiger partial charge is 0.407 e. The highest BCUT2D eigenvalue weighted by Gasteiger charge is 2.15. The Morgan fingerprint density at radius 1 is 1.40 bits per heavy atom. The molecule has 4 nitrogen and oxygen atoms in total. The van der Waals surface area contributed by atoms with Gasteiger partial charge in [-0.25, -0.2) is 4.79 Å². The topological polar surface area (TPSA) is 64.3 Å². The van der Waals surface area contributed by atoms with E-state index in [2.05, 4.69) is 5.32 Å². The van der Waals surface area contributed by atoms with Crippen molar-refractivity contribution in [1.29, 1.82) is 0 Å². The number of nitrogen functional groups attached to an aromatic ring is 1. The quantitative estimate of drug-likeness (QED) is 0.825. The highest BCUT2D eigenvalue weighted by Crippen LogP contribution is 2.28. The van der Waals surface area contributed by atoms with Crippen LogP contribution in [0, 0.1) is 0 Å². The Hall–Kier alpha value is -1.39. The van der Waals surface area contributed by atoms with E-state index in [1.54, 1.807) is 45.1 Å². The van der Waals surface area contributed by atoms with Gasteiger partial charge in [0.2, 0.25) is 0 Å². The number of nitrogens with one attached hydrogen (secondary N) is 1. The van der Waals surface area contributed by atoms with Gasteiger partial charge in [-0.2, -0.15) is 0 Å². The standard InChI is InChI=1S/C14H18Cl2N2O2/c1-14(2,3)20-13(19)18-6-4-5-9-7-10(15)8-11(16)12(9)17/h4-5,7-8H,6,17H2,1-3H3,(H,18,19). The van der Waals surface area contributed by atoms with E-state index < -0.39 is 11.7 Å². The summed E-state index contributed by atoms with van der Waals surface area (Å²) in [7, 11) is 0. The third kappa shape index (κ3) is 5.72. The van der Waals surface area contributed by atoms with Crippen molar-refractivity contribution in [3.05, 3.63) is 33.8 Å². The number of nitrogens with two attached hydrogens (primary N) is 1. The molecule has 0 spiro atoms. The van der Waals surface area contributed by atoms with E-state index >= 15 is 0 Å². The first-order valence-corrected chi connectivity index (χ1v) is 6.82. The minimum absolute atomic E-state index is 0.318. The third-order valence-corrected chi connectivity index (χ3v) is 2.72. The molecule has 0 aliphatic carbocycles. The van der Waals surface area contributed by atoms with E-state index in [4.69, 9.17) is 33.7 Å². The number of halogens is 2. The van der Waals surface area contributed by atoms with Crippen LogP contribution >= 0.6 is 23.2 Å². The van der Waals surface area contributed by atoms with Gasteiger partial charge in [-0.3, -0.25) is 0 Å². The number of rotatable bonds is 3. The number of ether oxygens (including phenoxy) is 1. The van der Waals surface area contributed by atoms with E-state index in [1.165, 1.54) is 0 Å². The van der Waals surface area contributed by atoms with Crippen LogP contribution in [-0.2, 0) is 4.74 Å². The normalized spacial score (nSPS) is 11.7. The maximum absolute atomic E-state index is 11.4. The molecule has 0 radical (unpaired) electrons. The molecule has 0 heterocycles. The van der Waals surface area contributed by atoms with Crippen molar-refractivity contribution in [3.8, 4) is 0 Å². The molecule has 0 bridgehead atoms. The maximum atomic E-state index is 11.4. The molecule has 0 aromatic heterocycles. The predicted octanol–water partition coefficient (Wildman–Crippen LogP) is 4.11. The second-order valence-electron chi connectivity index (χ2n) is 5.18. The van der Waals surface area contributed by atoms with Crippen molar-refractivity contribution in [2.75, 3.05) is 12.3 Å². The summed E-state index contributed by atoms with van der Waals surface area (Å²) < 4.78 is 5.10. The van der Waals surface area contributed by atoms with Crippen molar-refractivity contribution in [2.45, 2.75) is 26.4 Å². The van der Waals surface area contributed by atoms with Gasteiger partial charge in [0, 0.05) is 17.1 Å². The zero-order chi connectivity index (χ0) is 15.3. The number of benzene rings is 1. The Balaban J connectivity index is 2.56. The molecule has 1 rings (SSSR count). The van der Waals surface area contributed by atoms with Gasteiger partial charge >= 0.3 is 6.09 Å². The number of alkyl carbamates (subject to hydrolysis) is 1. The average molecular weight is 317 g/mol. The number of hydrogen-bond acceptors (Lipinski definition) is 3. The Labute approximate surface area is 128 Å². The van der Waals surface area contributed by atoms with Crippen LogP contribution in [0.25, 0.3) is 6.08 Å². The van der Waals surface area contributed by atoms with E-state index in [0.29, 0.717) is 27.8 Å². The lowest BCUT2D eigenvalue weighted by Gasteiger charge is -2.19. The molecule has 6 heteroatoms. The summed E-state index contributed by atoms with van der Waals surface area (Å²) in [6.45, 7) is 5.73. The molecule has 1 aromatic carbocycles. The second kappa shape index (κ2) is 6.86. The van der Waals surface area contributed by atoms with Gasteiger partial charge in [0.25, 0.3) is 0 Å². The zero-order valence-electron chi connectivity index (χ0n) is 11.7. The maximum Gasteiger partial charge on any atom is 0.407 e. The summed E-state index contributed by atoms with van der Waals surface area (Å²) in [5, 5.41) is 3.51. The van der Waals surface area contributed by atoms with E-state index in [0.717, 1.165) is 0 Å². The van der Waals surface area contributed by atoms with E-state index in [9.17, 15) is 4.79 Å². The highest BCUT2D eigenvalue weighted by atomic mass is 35.5. The summed E-state index contributed by atoms with van der Waals surface area (Å²) in [5.41, 5.74) is 6.46. The first kappa shape index (κ1) is 16.7. The molecule has 0 unspecified atom stereocenters.